The number of hydrogen-bond donors (Lipinski definition) is 2. The van der Waals surface area contributed by atoms with Gasteiger partial charge in [-0.05, 0) is 36.2 Å². The van der Waals surface area contributed by atoms with E-state index in [1.54, 1.807) is 12.1 Å². The minimum absolute atomic E-state index is 0.259. The van der Waals surface area contributed by atoms with Gasteiger partial charge in [-0.3, -0.25) is 0 Å². The van der Waals surface area contributed by atoms with Gasteiger partial charge in [0.05, 0.1) is 12.7 Å². The molecule has 0 bridgehead atoms. The van der Waals surface area contributed by atoms with Crippen molar-refractivity contribution in [1.82, 2.24) is 10.3 Å². The van der Waals surface area contributed by atoms with Crippen molar-refractivity contribution in [3.63, 3.8) is 0 Å². The van der Waals surface area contributed by atoms with Crippen molar-refractivity contribution < 1.29 is 9.84 Å². The highest BCUT2D eigenvalue weighted by Crippen LogP contribution is 2.15. The molecule has 1 fully saturated rings. The van der Waals surface area contributed by atoms with Crippen molar-refractivity contribution in [2.24, 2.45) is 0 Å². The summed E-state index contributed by atoms with van der Waals surface area (Å²) in [6, 6.07) is 11.5. The Morgan fingerprint density at radius 3 is 2.87 bits per heavy atom. The van der Waals surface area contributed by atoms with Crippen LogP contribution in [0.3, 0.4) is 0 Å². The van der Waals surface area contributed by atoms with E-state index in [0.717, 1.165) is 49.7 Å². The Balaban J connectivity index is 1.51. The zero-order chi connectivity index (χ0) is 16.1. The molecule has 0 aliphatic carbocycles. The highest BCUT2D eigenvalue weighted by molar-refractivity contribution is 5.40. The quantitative estimate of drug-likeness (QED) is 0.887. The van der Waals surface area contributed by atoms with E-state index in [9.17, 15) is 5.11 Å². The fourth-order valence-corrected chi connectivity index (χ4v) is 2.75. The van der Waals surface area contributed by atoms with Crippen molar-refractivity contribution in [3.05, 3.63) is 53.7 Å². The third-order valence-electron chi connectivity index (χ3n) is 3.94. The molecule has 5 heteroatoms. The van der Waals surface area contributed by atoms with E-state index in [0.29, 0.717) is 5.75 Å². The fraction of sp³-hybridized carbons (Fsp3) is 0.389. The Morgan fingerprint density at radius 2 is 2.13 bits per heavy atom. The van der Waals surface area contributed by atoms with Crippen LogP contribution in [0.5, 0.6) is 5.75 Å². The number of aromatic hydroxyl groups is 1. The molecule has 23 heavy (non-hydrogen) atoms. The van der Waals surface area contributed by atoms with Gasteiger partial charge in [0, 0.05) is 32.4 Å². The lowest BCUT2D eigenvalue weighted by Gasteiger charge is -2.32. The number of hydrogen-bond acceptors (Lipinski definition) is 5. The van der Waals surface area contributed by atoms with Gasteiger partial charge >= 0.3 is 0 Å². The van der Waals surface area contributed by atoms with Crippen molar-refractivity contribution in [2.45, 2.75) is 26.1 Å². The van der Waals surface area contributed by atoms with Crippen LogP contribution in [0.4, 0.5) is 5.82 Å². The van der Waals surface area contributed by atoms with E-state index in [2.05, 4.69) is 34.3 Å². The molecule has 0 radical (unpaired) electrons. The van der Waals surface area contributed by atoms with Gasteiger partial charge in [-0.2, -0.15) is 0 Å². The second-order valence-corrected chi connectivity index (χ2v) is 5.93. The molecule has 0 spiro atoms. The molecule has 1 aromatic heterocycles. The standard InChI is InChI=1S/C18H23N3O2/c1-14-13-21(7-8-23-14)18-6-5-16(12-20-18)11-19-10-15-3-2-4-17(22)9-15/h2-6,9,12,14,19,22H,7-8,10-11,13H2,1H3/t14-/m0/s1. The lowest BCUT2D eigenvalue weighted by atomic mass is 10.2. The number of benzene rings is 1. The van der Waals surface area contributed by atoms with Gasteiger partial charge in [0.2, 0.25) is 0 Å². The molecular formula is C18H23N3O2. The van der Waals surface area contributed by atoms with E-state index >= 15 is 0 Å². The molecule has 1 aromatic carbocycles. The van der Waals surface area contributed by atoms with E-state index in [-0.39, 0.29) is 6.10 Å². The van der Waals surface area contributed by atoms with E-state index in [1.165, 1.54) is 0 Å². The van der Waals surface area contributed by atoms with Crippen molar-refractivity contribution >= 4 is 5.82 Å². The molecule has 0 amide bonds. The average molecular weight is 313 g/mol. The largest absolute Gasteiger partial charge is 0.508 e. The molecule has 0 saturated carbocycles. The number of nitrogens with zero attached hydrogens (tertiary/aromatic N) is 2. The number of anilines is 1. The summed E-state index contributed by atoms with van der Waals surface area (Å²) >= 11 is 0. The van der Waals surface area contributed by atoms with Gasteiger partial charge < -0.3 is 20.1 Å². The van der Waals surface area contributed by atoms with Crippen LogP contribution >= 0.6 is 0 Å². The normalized spacial score (nSPS) is 18.1. The molecule has 1 atom stereocenters. The molecule has 3 rings (SSSR count). The van der Waals surface area contributed by atoms with Crippen LogP contribution in [0.2, 0.25) is 0 Å². The Kier molecular flexibility index (Phi) is 5.10. The maximum atomic E-state index is 9.45. The SMILES string of the molecule is C[C@H]1CN(c2ccc(CNCc3cccc(O)c3)cn2)CCO1. The van der Waals surface area contributed by atoms with Crippen molar-refractivity contribution in [2.75, 3.05) is 24.6 Å². The number of pyridine rings is 1. The number of aromatic nitrogens is 1. The van der Waals surface area contributed by atoms with Gasteiger partial charge in [-0.1, -0.05) is 18.2 Å². The van der Waals surface area contributed by atoms with E-state index in [4.69, 9.17) is 4.74 Å². The zero-order valence-electron chi connectivity index (χ0n) is 13.4. The number of rotatable bonds is 5. The van der Waals surface area contributed by atoms with Gasteiger partial charge in [-0.15, -0.1) is 0 Å². The lowest BCUT2D eigenvalue weighted by molar-refractivity contribution is 0.0529. The van der Waals surface area contributed by atoms with Gasteiger partial charge in [0.25, 0.3) is 0 Å². The summed E-state index contributed by atoms with van der Waals surface area (Å²) < 4.78 is 5.56. The molecule has 2 N–H and O–H groups in total. The van der Waals surface area contributed by atoms with Crippen LogP contribution in [0.1, 0.15) is 18.1 Å². The summed E-state index contributed by atoms with van der Waals surface area (Å²) in [5.41, 5.74) is 2.21. The molecule has 2 heterocycles. The Labute approximate surface area is 136 Å². The first-order valence-corrected chi connectivity index (χ1v) is 8.01. The Morgan fingerprint density at radius 1 is 1.26 bits per heavy atom. The predicted molar refractivity (Wildman–Crippen MR) is 90.5 cm³/mol. The first kappa shape index (κ1) is 15.8. The average Bonchev–Trinajstić information content (AvgIpc) is 2.56. The highest BCUT2D eigenvalue weighted by Gasteiger charge is 2.17. The molecule has 122 valence electrons. The van der Waals surface area contributed by atoms with Gasteiger partial charge in [0.15, 0.2) is 0 Å². The Bertz CT molecular complexity index is 630. The summed E-state index contributed by atoms with van der Waals surface area (Å²) in [5.74, 6) is 1.31. The van der Waals surface area contributed by atoms with Crippen LogP contribution in [-0.4, -0.2) is 35.9 Å². The zero-order valence-corrected chi connectivity index (χ0v) is 13.4. The number of morpholine rings is 1. The van der Waals surface area contributed by atoms with E-state index in [1.807, 2.05) is 18.3 Å². The second kappa shape index (κ2) is 7.44. The predicted octanol–water partition coefficient (Wildman–Crippen LogP) is 2.30. The van der Waals surface area contributed by atoms with Crippen LogP contribution in [-0.2, 0) is 17.8 Å². The topological polar surface area (TPSA) is 57.6 Å². The summed E-state index contributed by atoms with van der Waals surface area (Å²) in [4.78, 5) is 6.83. The summed E-state index contributed by atoms with van der Waals surface area (Å²) in [6.07, 6.45) is 2.18. The van der Waals surface area contributed by atoms with Crippen LogP contribution < -0.4 is 10.2 Å². The molecule has 1 aliphatic heterocycles. The molecular weight excluding hydrogens is 290 g/mol. The second-order valence-electron chi connectivity index (χ2n) is 5.93. The number of phenolic OH excluding ortho intramolecular Hbond substituents is 1. The van der Waals surface area contributed by atoms with Crippen LogP contribution in [0, 0.1) is 0 Å². The smallest absolute Gasteiger partial charge is 0.128 e. The minimum atomic E-state index is 0.259. The van der Waals surface area contributed by atoms with Gasteiger partial charge in [0.1, 0.15) is 11.6 Å². The maximum absolute atomic E-state index is 9.45. The summed E-state index contributed by atoms with van der Waals surface area (Å²) in [6.45, 7) is 6.11. The molecule has 5 nitrogen and oxygen atoms in total. The first-order chi connectivity index (χ1) is 11.2. The molecule has 0 unspecified atom stereocenters. The third kappa shape index (κ3) is 4.43. The maximum Gasteiger partial charge on any atom is 0.128 e. The number of phenols is 1. The van der Waals surface area contributed by atoms with Crippen LogP contribution in [0.15, 0.2) is 42.6 Å². The lowest BCUT2D eigenvalue weighted by Crippen LogP contribution is -2.41. The van der Waals surface area contributed by atoms with Crippen LogP contribution in [0.25, 0.3) is 0 Å². The third-order valence-corrected chi connectivity index (χ3v) is 3.94. The van der Waals surface area contributed by atoms with Crippen molar-refractivity contribution in [1.29, 1.82) is 0 Å². The molecule has 1 aliphatic rings. The number of ether oxygens (including phenoxy) is 1. The highest BCUT2D eigenvalue weighted by atomic mass is 16.5. The monoisotopic (exact) mass is 313 g/mol. The van der Waals surface area contributed by atoms with Crippen molar-refractivity contribution in [3.8, 4) is 5.75 Å². The molecule has 2 aromatic rings. The summed E-state index contributed by atoms with van der Waals surface area (Å²) in [7, 11) is 0. The first-order valence-electron chi connectivity index (χ1n) is 8.01. The number of nitrogens with one attached hydrogen (secondary N) is 1. The summed E-state index contributed by atoms with van der Waals surface area (Å²) in [5, 5.41) is 12.8. The molecule has 1 saturated heterocycles. The Hall–Kier alpha value is -2.11. The van der Waals surface area contributed by atoms with E-state index < -0.39 is 0 Å². The van der Waals surface area contributed by atoms with Gasteiger partial charge in [-0.25, -0.2) is 4.98 Å². The minimum Gasteiger partial charge on any atom is -0.508 e. The fourth-order valence-electron chi connectivity index (χ4n) is 2.75.